The average Bonchev–Trinajstić information content (AvgIpc) is 0.794. The fraction of sp³-hybridized carbons (Fsp3) is 0.241. The van der Waals surface area contributed by atoms with Gasteiger partial charge in [-0.25, -0.2) is 0 Å². The van der Waals surface area contributed by atoms with Crippen LogP contribution in [-0.4, -0.2) is 0 Å². The van der Waals surface area contributed by atoms with E-state index in [9.17, 15) is 0 Å². The first-order chi connectivity index (χ1) is 58.7. The molecule has 0 saturated carbocycles. The molecule has 0 atom stereocenters. The highest BCUT2D eigenvalue weighted by Gasteiger charge is 2.32. The Labute approximate surface area is 742 Å². The Balaban J connectivity index is 0.000000164. The van der Waals surface area contributed by atoms with Gasteiger partial charge in [-0.05, 0) is 251 Å². The van der Waals surface area contributed by atoms with Crippen LogP contribution < -0.4 is 45.9 Å². The summed E-state index contributed by atoms with van der Waals surface area (Å²) in [6.07, 6.45) is 1.91. The van der Waals surface area contributed by atoms with Gasteiger partial charge in [-0.15, -0.1) is 0 Å². The Morgan fingerprint density at radius 1 is 0.185 bits per heavy atom. The standard InChI is InChI=1S/C21H30N2.2C19H26N2.C17H22N2.4C10H8/c1-7-15-11-17(9-13(3)19(15)22)21(5,6)18-10-14(4)20(23)16(8-2)12-18;1-11-7-15(8-12(2)17(11)20)19(5,6)16-9-13(3)18(21)14(4)10-16;1-11-7-13(3)17(20)15(9-11)19(5,6)16-10-12(2)8-14(4)18(16)21;1-11-5-7-15(18)13(9-11)17(3,4)14-10-12(2)6-8-16(14)19;4*1-2-6-10-8-4-3-7-9(10)5-1/h9-12H,7-8,22-23H2,1-6H3;2*7-10H,20-21H2,1-6H3;5-10H,18-19H2,1-4H3;4*1-8H. The van der Waals surface area contributed by atoms with Crippen LogP contribution in [0.15, 0.2) is 303 Å². The van der Waals surface area contributed by atoms with Crippen molar-refractivity contribution < 1.29 is 0 Å². The molecular formula is C116H136N8. The fourth-order valence-electron chi connectivity index (χ4n) is 16.3. The minimum Gasteiger partial charge on any atom is -0.398 e. The number of rotatable bonds is 10. The SMILES string of the molecule is CCc1cc(C(C)(C)c2cc(C)c(N)c(CC)c2)cc(C)c1N.Cc1cc(C(C)(C)c2cc(C)c(N)c(C)c2)cc(C)c1N.Cc1cc(C)c(N)c(C(C)(C)c2cc(C)cc(C)c2N)c1.Cc1ccc(N)c(C(C)(C)c2cc(C)ccc2N)c1.c1ccc2ccccc2c1.c1ccc2ccccc2c1.c1ccc2ccccc2c1.c1ccc2ccccc2c1. The zero-order valence-electron chi connectivity index (χ0n) is 77.9. The molecule has 0 aliphatic rings. The molecule has 16 aromatic rings. The largest absolute Gasteiger partial charge is 0.398 e. The van der Waals surface area contributed by atoms with Gasteiger partial charge in [0, 0.05) is 67.2 Å². The molecule has 0 heterocycles. The van der Waals surface area contributed by atoms with Crippen LogP contribution in [0.25, 0.3) is 43.1 Å². The highest BCUT2D eigenvalue weighted by molar-refractivity contribution is 5.85. The van der Waals surface area contributed by atoms with Crippen LogP contribution in [0.4, 0.5) is 45.5 Å². The maximum Gasteiger partial charge on any atom is 0.0385 e. The molecule has 0 spiro atoms. The lowest BCUT2D eigenvalue weighted by Crippen LogP contribution is -2.23. The van der Waals surface area contributed by atoms with Crippen LogP contribution >= 0.6 is 0 Å². The van der Waals surface area contributed by atoms with Crippen LogP contribution in [0.1, 0.15) is 192 Å². The van der Waals surface area contributed by atoms with E-state index in [1.165, 1.54) is 98.7 Å². The normalized spacial score (nSPS) is 11.1. The van der Waals surface area contributed by atoms with Crippen LogP contribution in [0, 0.1) is 83.1 Å². The zero-order chi connectivity index (χ0) is 90.7. The van der Waals surface area contributed by atoms with E-state index >= 15 is 0 Å². The first-order valence-corrected chi connectivity index (χ1v) is 43.5. The number of nitrogen functional groups attached to an aromatic ring is 8. The molecule has 8 nitrogen and oxygen atoms in total. The predicted molar refractivity (Wildman–Crippen MR) is 547 cm³/mol. The number of fused-ring (bicyclic) bond motifs is 4. The van der Waals surface area contributed by atoms with Gasteiger partial charge in [0.15, 0.2) is 0 Å². The van der Waals surface area contributed by atoms with E-state index in [1.807, 2.05) is 24.3 Å². The van der Waals surface area contributed by atoms with Gasteiger partial charge in [0.1, 0.15) is 0 Å². The van der Waals surface area contributed by atoms with Crippen molar-refractivity contribution in [2.24, 2.45) is 0 Å². The minimum atomic E-state index is -0.221. The van der Waals surface area contributed by atoms with E-state index in [0.29, 0.717) is 0 Å². The highest BCUT2D eigenvalue weighted by atomic mass is 14.6. The van der Waals surface area contributed by atoms with Gasteiger partial charge in [0.05, 0.1) is 0 Å². The van der Waals surface area contributed by atoms with E-state index in [-0.39, 0.29) is 21.7 Å². The fourth-order valence-corrected chi connectivity index (χ4v) is 16.3. The summed E-state index contributed by atoms with van der Waals surface area (Å²) in [4.78, 5) is 0. The number of aryl methyl sites for hydroxylation is 14. The van der Waals surface area contributed by atoms with E-state index in [4.69, 9.17) is 45.9 Å². The Kier molecular flexibility index (Phi) is 31.9. The van der Waals surface area contributed by atoms with Crippen molar-refractivity contribution in [3.05, 3.63) is 426 Å². The van der Waals surface area contributed by atoms with E-state index < -0.39 is 0 Å². The molecule has 0 amide bonds. The summed E-state index contributed by atoms with van der Waals surface area (Å²) in [7, 11) is 0. The van der Waals surface area contributed by atoms with Gasteiger partial charge < -0.3 is 45.9 Å². The summed E-state index contributed by atoms with van der Waals surface area (Å²) in [5.41, 5.74) is 82.3. The molecule has 16 N–H and O–H groups in total. The Morgan fingerprint density at radius 3 is 0.589 bits per heavy atom. The summed E-state index contributed by atoms with van der Waals surface area (Å²) >= 11 is 0. The molecule has 16 rings (SSSR count). The lowest BCUT2D eigenvalue weighted by Gasteiger charge is -2.31. The maximum absolute atomic E-state index is 6.36. The monoisotopic (exact) mass is 1640 g/mol. The molecule has 0 bridgehead atoms. The maximum atomic E-state index is 6.36. The first kappa shape index (κ1) is 94.8. The van der Waals surface area contributed by atoms with Gasteiger partial charge in [-0.3, -0.25) is 0 Å². The van der Waals surface area contributed by atoms with Crippen molar-refractivity contribution in [3.63, 3.8) is 0 Å². The van der Waals surface area contributed by atoms with Crippen LogP contribution in [0.5, 0.6) is 0 Å². The molecule has 0 saturated heterocycles. The summed E-state index contributed by atoms with van der Waals surface area (Å²) in [6.45, 7) is 47.1. The number of benzene rings is 16. The molecule has 0 fully saturated rings. The van der Waals surface area contributed by atoms with Crippen molar-refractivity contribution in [2.45, 2.75) is 187 Å². The first-order valence-electron chi connectivity index (χ1n) is 43.5. The summed E-state index contributed by atoms with van der Waals surface area (Å²) in [5.74, 6) is 0. The van der Waals surface area contributed by atoms with Gasteiger partial charge >= 0.3 is 0 Å². The van der Waals surface area contributed by atoms with E-state index in [1.54, 1.807) is 0 Å². The van der Waals surface area contributed by atoms with Gasteiger partial charge in [-0.1, -0.05) is 383 Å². The summed E-state index contributed by atoms with van der Waals surface area (Å²) in [6, 6.07) is 106. The quantitative estimate of drug-likeness (QED) is 0.0617. The van der Waals surface area contributed by atoms with Gasteiger partial charge in [0.2, 0.25) is 0 Å². The Bertz CT molecular complexity index is 5530. The van der Waals surface area contributed by atoms with Crippen LogP contribution in [-0.2, 0) is 34.5 Å². The molecule has 0 unspecified atom stereocenters. The average molecular weight is 1640 g/mol. The molecule has 0 aliphatic heterocycles. The number of hydrogen-bond acceptors (Lipinski definition) is 8. The smallest absolute Gasteiger partial charge is 0.0385 e. The number of nitrogens with two attached hydrogens (primary N) is 8. The van der Waals surface area contributed by atoms with Gasteiger partial charge in [0.25, 0.3) is 0 Å². The predicted octanol–water partition coefficient (Wildman–Crippen LogP) is 28.9. The van der Waals surface area contributed by atoms with E-state index in [0.717, 1.165) is 125 Å². The minimum absolute atomic E-state index is 0.0769. The molecule has 16 aromatic carbocycles. The Morgan fingerprint density at radius 2 is 0.371 bits per heavy atom. The van der Waals surface area contributed by atoms with Crippen molar-refractivity contribution >= 4 is 88.6 Å². The third-order valence-electron chi connectivity index (χ3n) is 24.6. The molecular weight excluding hydrogens is 1510 g/mol. The highest BCUT2D eigenvalue weighted by Crippen LogP contribution is 2.44. The molecule has 124 heavy (non-hydrogen) atoms. The molecule has 0 radical (unpaired) electrons. The lowest BCUT2D eigenvalue weighted by molar-refractivity contribution is 0.637. The molecule has 640 valence electrons. The zero-order valence-corrected chi connectivity index (χ0v) is 77.9. The van der Waals surface area contributed by atoms with Crippen molar-refractivity contribution in [3.8, 4) is 0 Å². The summed E-state index contributed by atoms with van der Waals surface area (Å²) < 4.78 is 0. The van der Waals surface area contributed by atoms with Gasteiger partial charge in [-0.2, -0.15) is 0 Å². The number of hydrogen-bond donors (Lipinski definition) is 8. The van der Waals surface area contributed by atoms with Crippen LogP contribution in [0.2, 0.25) is 0 Å². The number of anilines is 8. The lowest BCUT2D eigenvalue weighted by atomic mass is 9.74. The molecule has 0 aliphatic carbocycles. The second-order valence-electron chi connectivity index (χ2n) is 35.6. The topological polar surface area (TPSA) is 208 Å². The van der Waals surface area contributed by atoms with E-state index in [2.05, 4.69) is 431 Å². The van der Waals surface area contributed by atoms with Crippen LogP contribution in [0.3, 0.4) is 0 Å². The second-order valence-corrected chi connectivity index (χ2v) is 35.6. The van der Waals surface area contributed by atoms with Crippen molar-refractivity contribution in [1.82, 2.24) is 0 Å². The second kappa shape index (κ2) is 41.7. The third kappa shape index (κ3) is 23.4. The molecule has 0 aromatic heterocycles. The van der Waals surface area contributed by atoms with Crippen molar-refractivity contribution in [2.75, 3.05) is 45.9 Å². The Hall–Kier alpha value is -13.0. The molecule has 8 heteroatoms. The third-order valence-corrected chi connectivity index (χ3v) is 24.6. The van der Waals surface area contributed by atoms with Crippen molar-refractivity contribution in [1.29, 1.82) is 0 Å². The summed E-state index contributed by atoms with van der Waals surface area (Å²) in [5, 5.41) is 10.5.